The van der Waals surface area contributed by atoms with Crippen molar-refractivity contribution < 1.29 is 9.53 Å². The molecule has 0 aromatic carbocycles. The third kappa shape index (κ3) is 3.24. The molecule has 0 saturated carbocycles. The zero-order valence-electron chi connectivity index (χ0n) is 8.81. The fourth-order valence-electron chi connectivity index (χ4n) is 0.570. The van der Waals surface area contributed by atoms with Crippen molar-refractivity contribution >= 4 is 5.97 Å². The molecule has 0 amide bonds. The third-order valence-corrected chi connectivity index (χ3v) is 2.32. The highest BCUT2D eigenvalue weighted by molar-refractivity contribution is 5.75. The number of rotatable bonds is 4. The van der Waals surface area contributed by atoms with Gasteiger partial charge >= 0.3 is 5.97 Å². The largest absolute Gasteiger partial charge is 0.462 e. The van der Waals surface area contributed by atoms with Crippen LogP contribution >= 0.6 is 0 Å². The summed E-state index contributed by atoms with van der Waals surface area (Å²) in [4.78, 5) is 11.4. The summed E-state index contributed by atoms with van der Waals surface area (Å²) in [7, 11) is 0. The van der Waals surface area contributed by atoms with Crippen molar-refractivity contribution in [2.75, 3.05) is 0 Å². The minimum atomic E-state index is -0.330. The molecule has 72 valence electrons. The lowest BCUT2D eigenvalue weighted by Crippen LogP contribution is -2.28. The maximum atomic E-state index is 11.4. The van der Waals surface area contributed by atoms with E-state index in [4.69, 9.17) is 4.74 Å². The van der Waals surface area contributed by atoms with E-state index in [1.165, 1.54) is 0 Å². The van der Waals surface area contributed by atoms with Crippen LogP contribution < -0.4 is 0 Å². The summed E-state index contributed by atoms with van der Waals surface area (Å²) in [6.45, 7) is 9.76. The lowest BCUT2D eigenvalue weighted by molar-refractivity contribution is -0.159. The van der Waals surface area contributed by atoms with Gasteiger partial charge in [0.1, 0.15) is 0 Å². The molecule has 0 aliphatic rings. The zero-order chi connectivity index (χ0) is 9.78. The van der Waals surface area contributed by atoms with Crippen LogP contribution in [-0.4, -0.2) is 12.1 Å². The Bertz CT molecular complexity index is 150. The van der Waals surface area contributed by atoms with Gasteiger partial charge in [0.15, 0.2) is 0 Å². The van der Waals surface area contributed by atoms with Crippen LogP contribution in [0.3, 0.4) is 0 Å². The highest BCUT2D eigenvalue weighted by atomic mass is 16.5. The third-order valence-electron chi connectivity index (χ3n) is 2.32. The second kappa shape index (κ2) is 4.48. The van der Waals surface area contributed by atoms with Gasteiger partial charge in [0, 0.05) is 0 Å². The summed E-state index contributed by atoms with van der Waals surface area (Å²) in [5.74, 6) is -0.0839. The minimum absolute atomic E-state index is 0.0447. The van der Waals surface area contributed by atoms with Crippen LogP contribution in [0.15, 0.2) is 0 Å². The van der Waals surface area contributed by atoms with Crippen molar-refractivity contribution in [3.8, 4) is 0 Å². The first kappa shape index (κ1) is 11.5. The summed E-state index contributed by atoms with van der Waals surface area (Å²) in [6.07, 6.45) is 1.75. The smallest absolute Gasteiger partial charge is 0.311 e. The first-order valence-electron chi connectivity index (χ1n) is 4.65. The van der Waals surface area contributed by atoms with E-state index >= 15 is 0 Å². The van der Waals surface area contributed by atoms with Gasteiger partial charge in [0.25, 0.3) is 0 Å². The van der Waals surface area contributed by atoms with E-state index in [1.807, 2.05) is 34.6 Å². The molecule has 0 radical (unpaired) electrons. The van der Waals surface area contributed by atoms with Gasteiger partial charge in [-0.05, 0) is 33.6 Å². The van der Waals surface area contributed by atoms with Crippen LogP contribution in [0.1, 0.15) is 47.5 Å². The molecule has 0 N–H and O–H groups in total. The quantitative estimate of drug-likeness (QED) is 0.609. The molecule has 0 saturated heterocycles. The first-order chi connectivity index (χ1) is 5.44. The first-order valence-corrected chi connectivity index (χ1v) is 4.65. The van der Waals surface area contributed by atoms with Crippen molar-refractivity contribution in [1.82, 2.24) is 0 Å². The number of hydrogen-bond donors (Lipinski definition) is 0. The molecule has 2 nitrogen and oxygen atoms in total. The molecule has 1 atom stereocenters. The van der Waals surface area contributed by atoms with Gasteiger partial charge in [0.05, 0.1) is 11.5 Å². The average Bonchev–Trinajstić information content (AvgIpc) is 2.04. The monoisotopic (exact) mass is 172 g/mol. The van der Waals surface area contributed by atoms with Crippen LogP contribution in [0.5, 0.6) is 0 Å². The molecule has 0 aromatic rings. The Labute approximate surface area is 75.3 Å². The Kier molecular flexibility index (Phi) is 4.29. The second-order valence-electron chi connectivity index (χ2n) is 3.86. The summed E-state index contributed by atoms with van der Waals surface area (Å²) < 4.78 is 5.22. The van der Waals surface area contributed by atoms with Gasteiger partial charge in [-0.3, -0.25) is 4.79 Å². The fourth-order valence-corrected chi connectivity index (χ4v) is 0.570. The van der Waals surface area contributed by atoms with E-state index in [1.54, 1.807) is 0 Å². The summed E-state index contributed by atoms with van der Waals surface area (Å²) >= 11 is 0. The average molecular weight is 172 g/mol. The maximum absolute atomic E-state index is 11.4. The molecule has 12 heavy (non-hydrogen) atoms. The Morgan fingerprint density at radius 2 is 1.92 bits per heavy atom. The van der Waals surface area contributed by atoms with Gasteiger partial charge in [0.2, 0.25) is 0 Å². The van der Waals surface area contributed by atoms with E-state index in [0.717, 1.165) is 12.8 Å². The topological polar surface area (TPSA) is 26.3 Å². The van der Waals surface area contributed by atoms with Crippen molar-refractivity contribution in [2.45, 2.75) is 53.6 Å². The van der Waals surface area contributed by atoms with E-state index in [-0.39, 0.29) is 17.5 Å². The number of ether oxygens (including phenoxy) is 1. The highest BCUT2D eigenvalue weighted by Crippen LogP contribution is 2.22. The van der Waals surface area contributed by atoms with Gasteiger partial charge in [-0.15, -0.1) is 0 Å². The van der Waals surface area contributed by atoms with Gasteiger partial charge in [-0.2, -0.15) is 0 Å². The van der Waals surface area contributed by atoms with Gasteiger partial charge in [-0.25, -0.2) is 0 Å². The number of carbonyl (C=O) groups excluding carboxylic acids is 1. The molecular weight excluding hydrogens is 152 g/mol. The lowest BCUT2D eigenvalue weighted by Gasteiger charge is -2.22. The van der Waals surface area contributed by atoms with Crippen molar-refractivity contribution in [3.63, 3.8) is 0 Å². The maximum Gasteiger partial charge on any atom is 0.311 e. The standard InChI is InChI=1S/C10H20O2/c1-6-8(3)12-9(11)10(4,5)7-2/h8H,6-7H2,1-5H3. The normalized spacial score (nSPS) is 14.1. The van der Waals surface area contributed by atoms with Crippen molar-refractivity contribution in [3.05, 3.63) is 0 Å². The molecule has 0 heterocycles. The van der Waals surface area contributed by atoms with Crippen molar-refractivity contribution in [1.29, 1.82) is 0 Å². The Morgan fingerprint density at radius 3 is 2.25 bits per heavy atom. The molecule has 0 spiro atoms. The second-order valence-corrected chi connectivity index (χ2v) is 3.86. The lowest BCUT2D eigenvalue weighted by atomic mass is 9.90. The molecule has 0 aliphatic carbocycles. The summed E-state index contributed by atoms with van der Waals surface area (Å²) in [6, 6.07) is 0. The Morgan fingerprint density at radius 1 is 1.42 bits per heavy atom. The molecule has 0 rings (SSSR count). The molecule has 1 unspecified atom stereocenters. The summed E-state index contributed by atoms with van der Waals surface area (Å²) in [5.41, 5.74) is -0.330. The molecule has 0 aromatic heterocycles. The van der Waals surface area contributed by atoms with E-state index in [9.17, 15) is 4.79 Å². The molecule has 2 heteroatoms. The number of esters is 1. The predicted molar refractivity (Wildman–Crippen MR) is 49.9 cm³/mol. The minimum Gasteiger partial charge on any atom is -0.462 e. The van der Waals surface area contributed by atoms with Crippen LogP contribution in [-0.2, 0) is 9.53 Å². The van der Waals surface area contributed by atoms with Gasteiger partial charge in [-0.1, -0.05) is 13.8 Å². The van der Waals surface area contributed by atoms with E-state index in [0.29, 0.717) is 0 Å². The molecule has 0 bridgehead atoms. The molecule has 0 aliphatic heterocycles. The van der Waals surface area contributed by atoms with Gasteiger partial charge < -0.3 is 4.74 Å². The van der Waals surface area contributed by atoms with E-state index in [2.05, 4.69) is 0 Å². The summed E-state index contributed by atoms with van der Waals surface area (Å²) in [5, 5.41) is 0. The molecular formula is C10H20O2. The zero-order valence-corrected chi connectivity index (χ0v) is 8.81. The van der Waals surface area contributed by atoms with E-state index < -0.39 is 0 Å². The highest BCUT2D eigenvalue weighted by Gasteiger charge is 2.27. The fraction of sp³-hybridized carbons (Fsp3) is 0.900. The SMILES string of the molecule is CCC(C)OC(=O)C(C)(C)CC. The predicted octanol–water partition coefficient (Wildman–Crippen LogP) is 2.76. The number of carbonyl (C=O) groups is 1. The Hall–Kier alpha value is -0.530. The molecule has 0 fully saturated rings. The van der Waals surface area contributed by atoms with Crippen LogP contribution in [0.2, 0.25) is 0 Å². The van der Waals surface area contributed by atoms with Crippen LogP contribution in [0.4, 0.5) is 0 Å². The van der Waals surface area contributed by atoms with Crippen LogP contribution in [0, 0.1) is 5.41 Å². The Balaban J connectivity index is 4.03. The van der Waals surface area contributed by atoms with Crippen LogP contribution in [0.25, 0.3) is 0 Å². The number of hydrogen-bond acceptors (Lipinski definition) is 2. The van der Waals surface area contributed by atoms with Crippen molar-refractivity contribution in [2.24, 2.45) is 5.41 Å².